The molecule has 0 heterocycles. The van der Waals surface area contributed by atoms with Crippen molar-refractivity contribution in [2.45, 2.75) is 24.3 Å². The van der Waals surface area contributed by atoms with Crippen molar-refractivity contribution in [3.8, 4) is 0 Å². The number of hydrogen-bond donors (Lipinski definition) is 1. The average Bonchev–Trinajstić information content (AvgIpc) is 2.14. The van der Waals surface area contributed by atoms with Gasteiger partial charge in [0.2, 0.25) is 0 Å². The van der Waals surface area contributed by atoms with E-state index < -0.39 is 0 Å². The quantitative estimate of drug-likeness (QED) is 0.841. The van der Waals surface area contributed by atoms with Gasteiger partial charge in [0.1, 0.15) is 0 Å². The highest BCUT2D eigenvalue weighted by Crippen LogP contribution is 2.22. The van der Waals surface area contributed by atoms with Crippen LogP contribution in [0.2, 0.25) is 0 Å². The van der Waals surface area contributed by atoms with Crippen LogP contribution in [0, 0.1) is 0 Å². The van der Waals surface area contributed by atoms with Crippen LogP contribution in [0.1, 0.15) is 13.3 Å². The van der Waals surface area contributed by atoms with Gasteiger partial charge in [-0.15, -0.1) is 11.8 Å². The molecule has 0 aromatic heterocycles. The average molecular weight is 260 g/mol. The summed E-state index contributed by atoms with van der Waals surface area (Å²) in [6, 6.07) is 8.61. The minimum Gasteiger partial charge on any atom is -0.327 e. The van der Waals surface area contributed by atoms with E-state index in [0.717, 1.165) is 16.6 Å². The highest BCUT2D eigenvalue weighted by atomic mass is 79.9. The van der Waals surface area contributed by atoms with Crippen LogP contribution in [0.25, 0.3) is 0 Å². The van der Waals surface area contributed by atoms with Crippen LogP contribution in [0.5, 0.6) is 0 Å². The highest BCUT2D eigenvalue weighted by Gasteiger charge is 2.00. The molecule has 0 spiro atoms. The van der Waals surface area contributed by atoms with Gasteiger partial charge in [0.25, 0.3) is 0 Å². The molecular weight excluding hydrogens is 246 g/mol. The summed E-state index contributed by atoms with van der Waals surface area (Å²) in [5.74, 6) is 0.993. The minimum absolute atomic E-state index is 0.309. The summed E-state index contributed by atoms with van der Waals surface area (Å²) in [7, 11) is 0. The molecule has 0 saturated heterocycles. The third-order valence-corrected chi connectivity index (χ3v) is 3.46. The lowest BCUT2D eigenvalue weighted by Gasteiger charge is -2.07. The Morgan fingerprint density at radius 1 is 1.54 bits per heavy atom. The minimum atomic E-state index is 0.309. The largest absolute Gasteiger partial charge is 0.327 e. The molecule has 0 amide bonds. The van der Waals surface area contributed by atoms with Gasteiger partial charge in [-0.25, -0.2) is 0 Å². The van der Waals surface area contributed by atoms with Crippen molar-refractivity contribution in [3.05, 3.63) is 28.7 Å². The molecule has 0 fully saturated rings. The first-order chi connectivity index (χ1) is 6.22. The van der Waals surface area contributed by atoms with E-state index >= 15 is 0 Å². The van der Waals surface area contributed by atoms with Gasteiger partial charge in [0.15, 0.2) is 0 Å². The Balaban J connectivity index is 2.45. The molecule has 0 aliphatic rings. The first kappa shape index (κ1) is 11.1. The fourth-order valence-electron chi connectivity index (χ4n) is 0.878. The van der Waals surface area contributed by atoms with Crippen molar-refractivity contribution in [1.82, 2.24) is 0 Å². The second-order valence-electron chi connectivity index (χ2n) is 2.94. The van der Waals surface area contributed by atoms with Crippen molar-refractivity contribution in [1.29, 1.82) is 0 Å². The fraction of sp³-hybridized carbons (Fsp3) is 0.400. The Morgan fingerprint density at radius 2 is 2.31 bits per heavy atom. The van der Waals surface area contributed by atoms with Crippen molar-refractivity contribution in [3.63, 3.8) is 0 Å². The smallest absolute Gasteiger partial charge is 0.0186 e. The molecule has 13 heavy (non-hydrogen) atoms. The Labute approximate surface area is 92.2 Å². The summed E-state index contributed by atoms with van der Waals surface area (Å²) in [6.45, 7) is 2.12. The molecule has 0 unspecified atom stereocenters. The van der Waals surface area contributed by atoms with Gasteiger partial charge < -0.3 is 5.73 Å². The maximum absolute atomic E-state index is 5.83. The Morgan fingerprint density at radius 3 is 2.92 bits per heavy atom. The molecule has 0 aliphatic carbocycles. The molecule has 0 radical (unpaired) electrons. The van der Waals surface area contributed by atoms with Gasteiger partial charge in [-0.1, -0.05) is 28.9 Å². The lowest BCUT2D eigenvalue weighted by atomic mass is 10.3. The standard InChI is InChI=1S/C10H14BrNS/c1-2-9(12)7-13-10-5-3-4-8(11)6-10/h3-6,9H,2,7,12H2,1H3/t9-/m0/s1. The van der Waals surface area contributed by atoms with Crippen molar-refractivity contribution in [2.24, 2.45) is 5.73 Å². The summed E-state index contributed by atoms with van der Waals surface area (Å²) in [4.78, 5) is 1.28. The Hall–Kier alpha value is 0.01000. The van der Waals surface area contributed by atoms with Crippen LogP contribution in [-0.2, 0) is 0 Å². The molecule has 72 valence electrons. The van der Waals surface area contributed by atoms with Crippen LogP contribution in [0.15, 0.2) is 33.6 Å². The molecule has 0 saturated carbocycles. The summed E-state index contributed by atoms with van der Waals surface area (Å²) in [6.07, 6.45) is 1.04. The first-order valence-electron chi connectivity index (χ1n) is 4.36. The van der Waals surface area contributed by atoms with Crippen molar-refractivity contribution >= 4 is 27.7 Å². The van der Waals surface area contributed by atoms with Crippen LogP contribution < -0.4 is 5.73 Å². The predicted molar refractivity (Wildman–Crippen MR) is 63.1 cm³/mol. The number of nitrogens with two attached hydrogens (primary N) is 1. The lowest BCUT2D eigenvalue weighted by Crippen LogP contribution is -2.21. The number of rotatable bonds is 4. The van der Waals surface area contributed by atoms with E-state index in [0.29, 0.717) is 6.04 Å². The fourth-order valence-corrected chi connectivity index (χ4v) is 2.46. The number of thioether (sulfide) groups is 1. The molecule has 1 rings (SSSR count). The summed E-state index contributed by atoms with van der Waals surface area (Å²) < 4.78 is 1.13. The van der Waals surface area contributed by atoms with Crippen LogP contribution >= 0.6 is 27.7 Å². The molecule has 1 aromatic rings. The molecule has 3 heteroatoms. The van der Waals surface area contributed by atoms with Crippen LogP contribution in [0.3, 0.4) is 0 Å². The van der Waals surface area contributed by atoms with Gasteiger partial charge in [0.05, 0.1) is 0 Å². The molecule has 1 atom stereocenters. The van der Waals surface area contributed by atoms with Gasteiger partial charge in [0, 0.05) is 21.2 Å². The van der Waals surface area contributed by atoms with Gasteiger partial charge >= 0.3 is 0 Å². The second-order valence-corrected chi connectivity index (χ2v) is 4.95. The zero-order valence-corrected chi connectivity index (χ0v) is 10.1. The molecule has 1 nitrogen and oxygen atoms in total. The van der Waals surface area contributed by atoms with Gasteiger partial charge in [-0.2, -0.15) is 0 Å². The summed E-state index contributed by atoms with van der Waals surface area (Å²) >= 11 is 5.25. The molecule has 0 bridgehead atoms. The first-order valence-corrected chi connectivity index (χ1v) is 6.14. The monoisotopic (exact) mass is 259 g/mol. The molecule has 0 aliphatic heterocycles. The van der Waals surface area contributed by atoms with E-state index in [2.05, 4.69) is 35.0 Å². The Bertz CT molecular complexity index is 265. The van der Waals surface area contributed by atoms with Crippen LogP contribution in [0.4, 0.5) is 0 Å². The normalized spacial score (nSPS) is 12.8. The van der Waals surface area contributed by atoms with Crippen molar-refractivity contribution < 1.29 is 0 Å². The zero-order valence-electron chi connectivity index (χ0n) is 7.66. The maximum atomic E-state index is 5.83. The van der Waals surface area contributed by atoms with E-state index in [9.17, 15) is 0 Å². The number of benzene rings is 1. The van der Waals surface area contributed by atoms with Gasteiger partial charge in [-0.05, 0) is 24.6 Å². The topological polar surface area (TPSA) is 26.0 Å². The van der Waals surface area contributed by atoms with E-state index in [4.69, 9.17) is 5.73 Å². The van der Waals surface area contributed by atoms with E-state index in [-0.39, 0.29) is 0 Å². The van der Waals surface area contributed by atoms with Crippen molar-refractivity contribution in [2.75, 3.05) is 5.75 Å². The predicted octanol–water partition coefficient (Wildman–Crippen LogP) is 3.28. The van der Waals surface area contributed by atoms with E-state index in [1.54, 1.807) is 0 Å². The van der Waals surface area contributed by atoms with Crippen LogP contribution in [-0.4, -0.2) is 11.8 Å². The summed E-state index contributed by atoms with van der Waals surface area (Å²) in [5, 5.41) is 0. The zero-order chi connectivity index (χ0) is 9.68. The highest BCUT2D eigenvalue weighted by molar-refractivity contribution is 9.10. The third kappa shape index (κ3) is 4.16. The third-order valence-electron chi connectivity index (χ3n) is 1.78. The Kier molecular flexibility index (Phi) is 4.84. The molecular formula is C10H14BrNS. The van der Waals surface area contributed by atoms with E-state index in [1.165, 1.54) is 4.90 Å². The summed E-state index contributed by atoms with van der Waals surface area (Å²) in [5.41, 5.74) is 5.83. The molecule has 2 N–H and O–H groups in total. The van der Waals surface area contributed by atoms with E-state index in [1.807, 2.05) is 23.9 Å². The number of halogens is 1. The number of hydrogen-bond acceptors (Lipinski definition) is 2. The molecule has 1 aromatic carbocycles. The second kappa shape index (κ2) is 5.68. The van der Waals surface area contributed by atoms with Gasteiger partial charge in [-0.3, -0.25) is 0 Å². The SMILES string of the molecule is CC[C@H](N)CSc1cccc(Br)c1. The maximum Gasteiger partial charge on any atom is 0.0186 e. The lowest BCUT2D eigenvalue weighted by molar-refractivity contribution is 0.725.